The van der Waals surface area contributed by atoms with Gasteiger partial charge in [0.2, 0.25) is 5.91 Å². The van der Waals surface area contributed by atoms with Crippen LogP contribution in [0, 0.1) is 12.8 Å². The molecule has 2 aliphatic heterocycles. The highest BCUT2D eigenvalue weighted by Crippen LogP contribution is 2.33. The van der Waals surface area contributed by atoms with Gasteiger partial charge in [-0.15, -0.1) is 0 Å². The summed E-state index contributed by atoms with van der Waals surface area (Å²) in [5, 5.41) is 7.76. The van der Waals surface area contributed by atoms with Crippen molar-refractivity contribution in [3.05, 3.63) is 36.0 Å². The Kier molecular flexibility index (Phi) is 3.77. The Bertz CT molecular complexity index is 730. The van der Waals surface area contributed by atoms with E-state index in [1.165, 1.54) is 12.8 Å². The molecule has 2 aromatic rings. The van der Waals surface area contributed by atoms with E-state index in [1.807, 2.05) is 31.2 Å². The molecule has 1 aromatic heterocycles. The van der Waals surface area contributed by atoms with Crippen molar-refractivity contribution >= 4 is 22.5 Å². The molecule has 23 heavy (non-hydrogen) atoms. The van der Waals surface area contributed by atoms with Gasteiger partial charge >= 0.3 is 0 Å². The number of fused-ring (bicyclic) bond motifs is 3. The zero-order valence-electron chi connectivity index (χ0n) is 13.5. The molecule has 2 unspecified atom stereocenters. The molecule has 4 heteroatoms. The van der Waals surface area contributed by atoms with Crippen molar-refractivity contribution < 1.29 is 4.79 Å². The normalized spacial score (nSPS) is 26.4. The first kappa shape index (κ1) is 14.6. The van der Waals surface area contributed by atoms with E-state index in [1.54, 1.807) is 6.20 Å². The summed E-state index contributed by atoms with van der Waals surface area (Å²) in [6.07, 6.45) is 7.25. The fourth-order valence-corrected chi connectivity index (χ4v) is 4.23. The Balaban J connectivity index is 1.48. The molecule has 3 heterocycles. The fourth-order valence-electron chi connectivity index (χ4n) is 4.23. The fraction of sp³-hybridized carbons (Fsp3) is 0.474. The Labute approximate surface area is 136 Å². The molecule has 2 atom stereocenters. The van der Waals surface area contributed by atoms with Crippen molar-refractivity contribution in [2.24, 2.45) is 5.92 Å². The van der Waals surface area contributed by atoms with Crippen molar-refractivity contribution in [1.82, 2.24) is 10.3 Å². The number of carbonyl (C=O) groups is 1. The lowest BCUT2D eigenvalue weighted by atomic mass is 9.89. The first-order valence-corrected chi connectivity index (χ1v) is 8.59. The summed E-state index contributed by atoms with van der Waals surface area (Å²) in [6.45, 7) is 2.05. The molecule has 2 aliphatic rings. The number of nitrogens with one attached hydrogen (secondary N) is 2. The van der Waals surface area contributed by atoms with E-state index in [0.29, 0.717) is 24.4 Å². The second-order valence-corrected chi connectivity index (χ2v) is 7.06. The number of amides is 1. The standard InChI is InChI=1S/C19H23N3O/c1-12-4-7-17(16-3-2-8-20-19(12)16)22-18(23)11-13-9-14-5-6-15(10-13)21-14/h2-4,7-8,13-15,21H,5-6,9-11H2,1H3,(H,22,23). The summed E-state index contributed by atoms with van der Waals surface area (Å²) in [5.74, 6) is 0.647. The van der Waals surface area contributed by atoms with Crippen LogP contribution in [0.2, 0.25) is 0 Å². The number of benzene rings is 1. The lowest BCUT2D eigenvalue weighted by Crippen LogP contribution is -2.39. The Morgan fingerprint density at radius 2 is 2.04 bits per heavy atom. The highest BCUT2D eigenvalue weighted by molar-refractivity contribution is 6.01. The van der Waals surface area contributed by atoms with E-state index < -0.39 is 0 Å². The van der Waals surface area contributed by atoms with Crippen LogP contribution in [-0.2, 0) is 4.79 Å². The number of aromatic nitrogens is 1. The summed E-state index contributed by atoms with van der Waals surface area (Å²) in [4.78, 5) is 16.9. The van der Waals surface area contributed by atoms with Crippen LogP contribution in [0.5, 0.6) is 0 Å². The van der Waals surface area contributed by atoms with Crippen molar-refractivity contribution in [3.63, 3.8) is 0 Å². The summed E-state index contributed by atoms with van der Waals surface area (Å²) < 4.78 is 0. The van der Waals surface area contributed by atoms with Crippen molar-refractivity contribution in [3.8, 4) is 0 Å². The molecule has 0 radical (unpaired) electrons. The molecule has 0 saturated carbocycles. The topological polar surface area (TPSA) is 54.0 Å². The van der Waals surface area contributed by atoms with Gasteiger partial charge in [0, 0.05) is 30.1 Å². The van der Waals surface area contributed by atoms with Crippen LogP contribution in [0.3, 0.4) is 0 Å². The summed E-state index contributed by atoms with van der Waals surface area (Å²) >= 11 is 0. The lowest BCUT2D eigenvalue weighted by Gasteiger charge is -2.28. The molecule has 0 aliphatic carbocycles. The molecule has 120 valence electrons. The van der Waals surface area contributed by atoms with Gasteiger partial charge in [-0.2, -0.15) is 0 Å². The molecule has 4 rings (SSSR count). The maximum atomic E-state index is 12.5. The molecule has 0 spiro atoms. The second-order valence-electron chi connectivity index (χ2n) is 7.06. The van der Waals surface area contributed by atoms with E-state index in [-0.39, 0.29) is 5.91 Å². The number of carbonyl (C=O) groups excluding carboxylic acids is 1. The Morgan fingerprint density at radius 1 is 1.26 bits per heavy atom. The van der Waals surface area contributed by atoms with Crippen LogP contribution in [0.1, 0.15) is 37.7 Å². The van der Waals surface area contributed by atoms with E-state index in [9.17, 15) is 4.79 Å². The summed E-state index contributed by atoms with van der Waals surface area (Å²) in [6, 6.07) is 9.23. The molecule has 1 amide bonds. The quantitative estimate of drug-likeness (QED) is 0.913. The number of aryl methyl sites for hydroxylation is 1. The van der Waals surface area contributed by atoms with E-state index in [4.69, 9.17) is 0 Å². The van der Waals surface area contributed by atoms with Gasteiger partial charge in [0.15, 0.2) is 0 Å². The first-order chi connectivity index (χ1) is 11.2. The van der Waals surface area contributed by atoms with Crippen LogP contribution in [0.4, 0.5) is 5.69 Å². The minimum Gasteiger partial charge on any atom is -0.325 e. The van der Waals surface area contributed by atoms with Crippen LogP contribution in [0.15, 0.2) is 30.5 Å². The smallest absolute Gasteiger partial charge is 0.224 e. The predicted octanol–water partition coefficient (Wildman–Crippen LogP) is 3.40. The van der Waals surface area contributed by atoms with Crippen LogP contribution < -0.4 is 10.6 Å². The largest absolute Gasteiger partial charge is 0.325 e. The van der Waals surface area contributed by atoms with Crippen LogP contribution >= 0.6 is 0 Å². The van der Waals surface area contributed by atoms with Gasteiger partial charge in [-0.25, -0.2) is 0 Å². The van der Waals surface area contributed by atoms with E-state index in [2.05, 4.69) is 15.6 Å². The highest BCUT2D eigenvalue weighted by Gasteiger charge is 2.34. The third-order valence-corrected chi connectivity index (χ3v) is 5.29. The minimum absolute atomic E-state index is 0.130. The molecule has 4 nitrogen and oxygen atoms in total. The molecular formula is C19H23N3O. The minimum atomic E-state index is 0.130. The number of nitrogens with zero attached hydrogens (tertiary/aromatic N) is 1. The summed E-state index contributed by atoms with van der Waals surface area (Å²) in [7, 11) is 0. The van der Waals surface area contributed by atoms with Crippen LogP contribution in [0.25, 0.3) is 10.9 Å². The third-order valence-electron chi connectivity index (χ3n) is 5.29. The lowest BCUT2D eigenvalue weighted by molar-refractivity contribution is -0.117. The van der Waals surface area contributed by atoms with Crippen molar-refractivity contribution in [2.45, 2.75) is 51.1 Å². The van der Waals surface area contributed by atoms with Gasteiger partial charge in [-0.05, 0) is 62.3 Å². The number of anilines is 1. The molecule has 2 saturated heterocycles. The molecule has 2 fully saturated rings. The van der Waals surface area contributed by atoms with E-state index >= 15 is 0 Å². The average Bonchev–Trinajstić information content (AvgIpc) is 2.89. The third kappa shape index (κ3) is 2.95. The van der Waals surface area contributed by atoms with Crippen molar-refractivity contribution in [1.29, 1.82) is 0 Å². The SMILES string of the molecule is Cc1ccc(NC(=O)CC2CC3CCC(C2)N3)c2cccnc12. The molecule has 2 bridgehead atoms. The zero-order valence-corrected chi connectivity index (χ0v) is 13.5. The zero-order chi connectivity index (χ0) is 15.8. The highest BCUT2D eigenvalue weighted by atomic mass is 16.1. The Hall–Kier alpha value is -1.94. The van der Waals surface area contributed by atoms with Gasteiger partial charge in [-0.1, -0.05) is 6.07 Å². The molecule has 1 aromatic carbocycles. The number of hydrogen-bond acceptors (Lipinski definition) is 3. The molecular weight excluding hydrogens is 286 g/mol. The second kappa shape index (κ2) is 5.93. The van der Waals surface area contributed by atoms with Gasteiger partial charge in [0.05, 0.1) is 11.2 Å². The predicted molar refractivity (Wildman–Crippen MR) is 92.4 cm³/mol. The average molecular weight is 309 g/mol. The number of pyridine rings is 1. The Morgan fingerprint density at radius 3 is 2.83 bits per heavy atom. The van der Waals surface area contributed by atoms with Gasteiger partial charge in [-0.3, -0.25) is 9.78 Å². The van der Waals surface area contributed by atoms with Crippen molar-refractivity contribution in [2.75, 3.05) is 5.32 Å². The number of hydrogen-bond donors (Lipinski definition) is 2. The first-order valence-electron chi connectivity index (χ1n) is 8.59. The van der Waals surface area contributed by atoms with E-state index in [0.717, 1.165) is 35.0 Å². The number of piperidine rings is 1. The van der Waals surface area contributed by atoms with Gasteiger partial charge in [0.25, 0.3) is 0 Å². The van der Waals surface area contributed by atoms with Crippen LogP contribution in [-0.4, -0.2) is 23.0 Å². The van der Waals surface area contributed by atoms with Gasteiger partial charge in [0.1, 0.15) is 0 Å². The summed E-state index contributed by atoms with van der Waals surface area (Å²) in [5.41, 5.74) is 2.97. The maximum absolute atomic E-state index is 12.5. The number of rotatable bonds is 3. The van der Waals surface area contributed by atoms with Gasteiger partial charge < -0.3 is 10.6 Å². The maximum Gasteiger partial charge on any atom is 0.224 e. The monoisotopic (exact) mass is 309 g/mol. The molecule has 2 N–H and O–H groups in total.